The van der Waals surface area contributed by atoms with Crippen molar-refractivity contribution in [2.24, 2.45) is 4.99 Å². The largest absolute Gasteiger partial charge is 0.493 e. The van der Waals surface area contributed by atoms with E-state index in [1.165, 1.54) is 0 Å². The van der Waals surface area contributed by atoms with E-state index in [1.54, 1.807) is 39.5 Å². The highest BCUT2D eigenvalue weighted by Gasteiger charge is 2.14. The van der Waals surface area contributed by atoms with Crippen molar-refractivity contribution in [2.45, 2.75) is 19.9 Å². The summed E-state index contributed by atoms with van der Waals surface area (Å²) in [6.07, 6.45) is 2.46. The first-order valence-electron chi connectivity index (χ1n) is 10.5. The highest BCUT2D eigenvalue weighted by Crippen LogP contribution is 2.38. The fraction of sp³-hybridized carbons (Fsp3) is 0.435. The monoisotopic (exact) mass is 443 g/mol. The van der Waals surface area contributed by atoms with E-state index in [4.69, 9.17) is 14.2 Å². The van der Waals surface area contributed by atoms with Gasteiger partial charge in [-0.15, -0.1) is 0 Å². The Labute approximate surface area is 189 Å². The van der Waals surface area contributed by atoms with E-state index in [9.17, 15) is 4.79 Å². The molecule has 0 aliphatic heterocycles. The number of methoxy groups -OCH3 is 3. The van der Waals surface area contributed by atoms with Crippen LogP contribution in [0, 0.1) is 0 Å². The molecule has 174 valence electrons. The quantitative estimate of drug-likeness (QED) is 0.404. The SMILES string of the molecule is CCNC(=NCc1cc(OC)c(OC)c(OC)c1)NCC(=O)N(C)CCc1ccccn1. The summed E-state index contributed by atoms with van der Waals surface area (Å²) in [5.41, 5.74) is 1.84. The Bertz CT molecular complexity index is 864. The van der Waals surface area contributed by atoms with Crippen LogP contribution in [-0.4, -0.2) is 69.8 Å². The number of nitrogens with one attached hydrogen (secondary N) is 2. The summed E-state index contributed by atoms with van der Waals surface area (Å²) in [7, 11) is 6.50. The molecule has 2 aromatic rings. The number of aromatic nitrogens is 1. The van der Waals surface area contributed by atoms with Crippen LogP contribution in [0.4, 0.5) is 0 Å². The number of amides is 1. The second-order valence-electron chi connectivity index (χ2n) is 6.97. The van der Waals surface area contributed by atoms with Crippen molar-refractivity contribution in [3.05, 3.63) is 47.8 Å². The summed E-state index contributed by atoms with van der Waals surface area (Å²) in [5.74, 6) is 2.19. The molecule has 9 nitrogen and oxygen atoms in total. The van der Waals surface area contributed by atoms with Crippen molar-refractivity contribution in [1.29, 1.82) is 0 Å². The second-order valence-corrected chi connectivity index (χ2v) is 6.97. The van der Waals surface area contributed by atoms with Crippen molar-refractivity contribution < 1.29 is 19.0 Å². The van der Waals surface area contributed by atoms with Gasteiger partial charge in [0.05, 0.1) is 34.4 Å². The van der Waals surface area contributed by atoms with Gasteiger partial charge in [0.1, 0.15) is 0 Å². The van der Waals surface area contributed by atoms with Crippen molar-refractivity contribution in [2.75, 3.05) is 48.0 Å². The molecule has 0 saturated carbocycles. The fourth-order valence-electron chi connectivity index (χ4n) is 2.99. The second kappa shape index (κ2) is 13.0. The van der Waals surface area contributed by atoms with Crippen LogP contribution in [0.15, 0.2) is 41.5 Å². The van der Waals surface area contributed by atoms with Crippen LogP contribution in [0.5, 0.6) is 17.2 Å². The molecule has 0 aliphatic carbocycles. The number of likely N-dealkylation sites (N-methyl/N-ethyl adjacent to an activating group) is 1. The van der Waals surface area contributed by atoms with Gasteiger partial charge in [0.25, 0.3) is 0 Å². The van der Waals surface area contributed by atoms with E-state index in [2.05, 4.69) is 20.6 Å². The van der Waals surface area contributed by atoms with Crippen molar-refractivity contribution in [3.63, 3.8) is 0 Å². The number of aliphatic imine (C=N–C) groups is 1. The van der Waals surface area contributed by atoms with Gasteiger partial charge in [-0.2, -0.15) is 0 Å². The Morgan fingerprint density at radius 1 is 1.09 bits per heavy atom. The minimum Gasteiger partial charge on any atom is -0.493 e. The Morgan fingerprint density at radius 3 is 2.38 bits per heavy atom. The van der Waals surface area contributed by atoms with Crippen LogP contribution in [0.25, 0.3) is 0 Å². The number of carbonyl (C=O) groups is 1. The smallest absolute Gasteiger partial charge is 0.241 e. The molecular weight excluding hydrogens is 410 g/mol. The first-order valence-corrected chi connectivity index (χ1v) is 10.5. The van der Waals surface area contributed by atoms with Gasteiger partial charge in [-0.1, -0.05) is 6.07 Å². The maximum Gasteiger partial charge on any atom is 0.241 e. The maximum atomic E-state index is 12.5. The summed E-state index contributed by atoms with van der Waals surface area (Å²) in [4.78, 5) is 23.0. The van der Waals surface area contributed by atoms with Crippen LogP contribution >= 0.6 is 0 Å². The molecule has 1 aromatic heterocycles. The van der Waals surface area contributed by atoms with Gasteiger partial charge < -0.3 is 29.7 Å². The third-order valence-electron chi connectivity index (χ3n) is 4.75. The fourth-order valence-corrected chi connectivity index (χ4v) is 2.99. The number of carbonyl (C=O) groups excluding carboxylic acids is 1. The Kier molecular flexibility index (Phi) is 10.1. The van der Waals surface area contributed by atoms with Crippen LogP contribution < -0.4 is 24.8 Å². The molecule has 9 heteroatoms. The molecule has 1 amide bonds. The normalized spacial score (nSPS) is 11.0. The van der Waals surface area contributed by atoms with E-state index in [-0.39, 0.29) is 12.5 Å². The lowest BCUT2D eigenvalue weighted by Gasteiger charge is -2.18. The minimum atomic E-state index is -0.0284. The first-order chi connectivity index (χ1) is 15.5. The van der Waals surface area contributed by atoms with E-state index in [1.807, 2.05) is 37.3 Å². The zero-order valence-corrected chi connectivity index (χ0v) is 19.5. The maximum absolute atomic E-state index is 12.5. The van der Waals surface area contributed by atoms with Crippen LogP contribution in [-0.2, 0) is 17.8 Å². The molecule has 0 radical (unpaired) electrons. The van der Waals surface area contributed by atoms with Crippen molar-refractivity contribution in [3.8, 4) is 17.2 Å². The number of rotatable bonds is 11. The van der Waals surface area contributed by atoms with Crippen molar-refractivity contribution in [1.82, 2.24) is 20.5 Å². The number of benzene rings is 1. The molecule has 0 unspecified atom stereocenters. The highest BCUT2D eigenvalue weighted by atomic mass is 16.5. The number of ether oxygens (including phenoxy) is 3. The summed E-state index contributed by atoms with van der Waals surface area (Å²) in [6, 6.07) is 9.48. The van der Waals surface area contributed by atoms with E-state index in [0.29, 0.717) is 49.3 Å². The van der Waals surface area contributed by atoms with E-state index in [0.717, 1.165) is 11.3 Å². The number of hydrogen-bond acceptors (Lipinski definition) is 6. The van der Waals surface area contributed by atoms with Gasteiger partial charge in [-0.3, -0.25) is 9.78 Å². The average molecular weight is 444 g/mol. The van der Waals surface area contributed by atoms with Crippen LogP contribution in [0.1, 0.15) is 18.2 Å². The lowest BCUT2D eigenvalue weighted by atomic mass is 10.2. The molecule has 0 atom stereocenters. The third kappa shape index (κ3) is 7.33. The molecule has 0 aliphatic rings. The molecule has 2 rings (SSSR count). The summed E-state index contributed by atoms with van der Waals surface area (Å²) in [6.45, 7) is 3.74. The Balaban J connectivity index is 1.97. The predicted molar refractivity (Wildman–Crippen MR) is 124 cm³/mol. The van der Waals surface area contributed by atoms with Gasteiger partial charge in [0, 0.05) is 38.4 Å². The number of nitrogens with zero attached hydrogens (tertiary/aromatic N) is 3. The lowest BCUT2D eigenvalue weighted by Crippen LogP contribution is -2.44. The molecule has 2 N–H and O–H groups in total. The van der Waals surface area contributed by atoms with Gasteiger partial charge in [0.2, 0.25) is 11.7 Å². The molecule has 0 spiro atoms. The zero-order valence-electron chi connectivity index (χ0n) is 19.5. The standard InChI is InChI=1S/C23H33N5O4/c1-6-24-23(26-15-17-13-19(30-3)22(32-5)20(14-17)31-4)27-16-21(29)28(2)12-10-18-9-7-8-11-25-18/h7-9,11,13-14H,6,10,12,15-16H2,1-5H3,(H2,24,26,27). The highest BCUT2D eigenvalue weighted by molar-refractivity contribution is 5.86. The van der Waals surface area contributed by atoms with Crippen LogP contribution in [0.3, 0.4) is 0 Å². The number of pyridine rings is 1. The van der Waals surface area contributed by atoms with Gasteiger partial charge in [-0.05, 0) is 36.8 Å². The lowest BCUT2D eigenvalue weighted by molar-refractivity contribution is -0.128. The third-order valence-corrected chi connectivity index (χ3v) is 4.75. The topological polar surface area (TPSA) is 97.3 Å². The summed E-state index contributed by atoms with van der Waals surface area (Å²) >= 11 is 0. The molecule has 1 aromatic carbocycles. The molecule has 32 heavy (non-hydrogen) atoms. The van der Waals surface area contributed by atoms with Gasteiger partial charge >= 0.3 is 0 Å². The Morgan fingerprint density at radius 2 is 1.81 bits per heavy atom. The van der Waals surface area contributed by atoms with Gasteiger partial charge in [0.15, 0.2) is 17.5 Å². The van der Waals surface area contributed by atoms with E-state index < -0.39 is 0 Å². The van der Waals surface area contributed by atoms with Gasteiger partial charge in [-0.25, -0.2) is 4.99 Å². The summed E-state index contributed by atoms with van der Waals surface area (Å²) in [5, 5.41) is 6.25. The minimum absolute atomic E-state index is 0.0284. The molecule has 0 bridgehead atoms. The summed E-state index contributed by atoms with van der Waals surface area (Å²) < 4.78 is 16.1. The molecular formula is C23H33N5O4. The average Bonchev–Trinajstić information content (AvgIpc) is 2.83. The number of hydrogen-bond donors (Lipinski definition) is 2. The molecule has 0 saturated heterocycles. The van der Waals surface area contributed by atoms with Crippen molar-refractivity contribution >= 4 is 11.9 Å². The molecule has 1 heterocycles. The number of guanidine groups is 1. The molecule has 0 fully saturated rings. The predicted octanol–water partition coefficient (Wildman–Crippen LogP) is 1.86. The Hall–Kier alpha value is -3.49. The van der Waals surface area contributed by atoms with Crippen LogP contribution in [0.2, 0.25) is 0 Å². The zero-order chi connectivity index (χ0) is 23.3. The first kappa shape index (κ1) is 24.8. The van der Waals surface area contributed by atoms with E-state index >= 15 is 0 Å².